The summed E-state index contributed by atoms with van der Waals surface area (Å²) in [4.78, 5) is 25.2. The van der Waals surface area contributed by atoms with Gasteiger partial charge in [0.25, 0.3) is 0 Å². The van der Waals surface area contributed by atoms with Crippen LogP contribution < -0.4 is 0 Å². The maximum Gasteiger partial charge on any atom is 0.410 e. The van der Waals surface area contributed by atoms with Crippen molar-refractivity contribution >= 4 is 35.3 Å². The van der Waals surface area contributed by atoms with Gasteiger partial charge in [0, 0.05) is 19.0 Å². The summed E-state index contributed by atoms with van der Waals surface area (Å²) in [5.41, 5.74) is 0.121. The van der Waals surface area contributed by atoms with Crippen LogP contribution in [0.4, 0.5) is 4.79 Å². The van der Waals surface area contributed by atoms with Crippen LogP contribution in [0.1, 0.15) is 32.3 Å². The SMILES string of the molecule is CC(C)(C)OC(=O)N1CC(C(=O)O)[C@H](c2ccc(Cl)c(Cl)c2)C1. The second-order valence-electron chi connectivity index (χ2n) is 6.61. The summed E-state index contributed by atoms with van der Waals surface area (Å²) >= 11 is 11.9. The van der Waals surface area contributed by atoms with Crippen LogP contribution in [0.5, 0.6) is 0 Å². The highest BCUT2D eigenvalue weighted by molar-refractivity contribution is 6.42. The Bertz CT molecular complexity index is 627. The lowest BCUT2D eigenvalue weighted by atomic mass is 9.89. The summed E-state index contributed by atoms with van der Waals surface area (Å²) in [5, 5.41) is 10.2. The average molecular weight is 360 g/mol. The number of halogens is 2. The van der Waals surface area contributed by atoms with Gasteiger partial charge in [-0.2, -0.15) is 0 Å². The lowest BCUT2D eigenvalue weighted by molar-refractivity contribution is -0.141. The third kappa shape index (κ3) is 4.30. The molecular formula is C16H19Cl2NO4. The fraction of sp³-hybridized carbons (Fsp3) is 0.500. The Balaban J connectivity index is 2.23. The van der Waals surface area contributed by atoms with Crippen LogP contribution >= 0.6 is 23.2 Å². The molecule has 2 rings (SSSR count). The van der Waals surface area contributed by atoms with Gasteiger partial charge in [-0.25, -0.2) is 4.79 Å². The Morgan fingerprint density at radius 1 is 1.22 bits per heavy atom. The van der Waals surface area contributed by atoms with Crippen molar-refractivity contribution < 1.29 is 19.4 Å². The van der Waals surface area contributed by atoms with Gasteiger partial charge in [0.2, 0.25) is 0 Å². The number of ether oxygens (including phenoxy) is 1. The number of nitrogens with zero attached hydrogens (tertiary/aromatic N) is 1. The second kappa shape index (κ2) is 6.57. The molecule has 5 nitrogen and oxygen atoms in total. The van der Waals surface area contributed by atoms with E-state index in [1.54, 1.807) is 39.0 Å². The Morgan fingerprint density at radius 2 is 1.87 bits per heavy atom. The van der Waals surface area contributed by atoms with Crippen LogP contribution in [-0.4, -0.2) is 40.8 Å². The molecule has 2 atom stereocenters. The molecular weight excluding hydrogens is 341 g/mol. The van der Waals surface area contributed by atoms with E-state index in [1.807, 2.05) is 0 Å². The molecule has 1 aromatic carbocycles. The van der Waals surface area contributed by atoms with Gasteiger partial charge >= 0.3 is 12.1 Å². The molecule has 7 heteroatoms. The van der Waals surface area contributed by atoms with Crippen molar-refractivity contribution in [2.24, 2.45) is 5.92 Å². The van der Waals surface area contributed by atoms with Crippen LogP contribution in [0.3, 0.4) is 0 Å². The summed E-state index contributed by atoms with van der Waals surface area (Å²) in [6.45, 7) is 5.68. The van der Waals surface area contributed by atoms with E-state index >= 15 is 0 Å². The summed E-state index contributed by atoms with van der Waals surface area (Å²) in [6, 6.07) is 5.03. The van der Waals surface area contributed by atoms with E-state index in [4.69, 9.17) is 27.9 Å². The van der Waals surface area contributed by atoms with E-state index in [0.717, 1.165) is 5.56 Å². The van der Waals surface area contributed by atoms with Crippen molar-refractivity contribution in [3.05, 3.63) is 33.8 Å². The molecule has 0 aromatic heterocycles. The van der Waals surface area contributed by atoms with Crippen molar-refractivity contribution in [3.8, 4) is 0 Å². The van der Waals surface area contributed by atoms with Gasteiger partial charge in [-0.1, -0.05) is 29.3 Å². The third-order valence-electron chi connectivity index (χ3n) is 3.66. The first-order chi connectivity index (χ1) is 10.6. The molecule has 0 saturated carbocycles. The molecule has 1 saturated heterocycles. The number of carbonyl (C=O) groups is 2. The summed E-state index contributed by atoms with van der Waals surface area (Å²) in [6.07, 6.45) is -0.508. The number of hydrogen-bond acceptors (Lipinski definition) is 3. The average Bonchev–Trinajstić information content (AvgIpc) is 2.85. The minimum atomic E-state index is -0.952. The molecule has 0 radical (unpaired) electrons. The van der Waals surface area contributed by atoms with E-state index in [2.05, 4.69) is 0 Å². The maximum absolute atomic E-state index is 12.2. The number of carbonyl (C=O) groups excluding carboxylic acids is 1. The highest BCUT2D eigenvalue weighted by Gasteiger charge is 2.41. The first-order valence-electron chi connectivity index (χ1n) is 7.24. The molecule has 1 heterocycles. The summed E-state index contributed by atoms with van der Waals surface area (Å²) in [7, 11) is 0. The fourth-order valence-corrected chi connectivity index (χ4v) is 2.92. The molecule has 1 aliphatic rings. The molecule has 1 aromatic rings. The van der Waals surface area contributed by atoms with Crippen molar-refractivity contribution in [2.45, 2.75) is 32.3 Å². The second-order valence-corrected chi connectivity index (χ2v) is 7.42. The zero-order valence-electron chi connectivity index (χ0n) is 13.2. The predicted octanol–water partition coefficient (Wildman–Crippen LogP) is 4.03. The van der Waals surface area contributed by atoms with E-state index in [9.17, 15) is 14.7 Å². The molecule has 23 heavy (non-hydrogen) atoms. The first-order valence-corrected chi connectivity index (χ1v) is 8.00. The molecule has 1 unspecified atom stereocenters. The number of rotatable bonds is 2. The van der Waals surface area contributed by atoms with Gasteiger partial charge in [0.1, 0.15) is 5.60 Å². The van der Waals surface area contributed by atoms with Crippen molar-refractivity contribution in [3.63, 3.8) is 0 Å². The quantitative estimate of drug-likeness (QED) is 0.865. The molecule has 126 valence electrons. The summed E-state index contributed by atoms with van der Waals surface area (Å²) in [5.74, 6) is -2.01. The third-order valence-corrected chi connectivity index (χ3v) is 4.40. The van der Waals surface area contributed by atoms with Crippen molar-refractivity contribution in [2.75, 3.05) is 13.1 Å². The van der Waals surface area contributed by atoms with Crippen molar-refractivity contribution in [1.29, 1.82) is 0 Å². The monoisotopic (exact) mass is 359 g/mol. The molecule has 1 N–H and O–H groups in total. The Morgan fingerprint density at radius 3 is 2.39 bits per heavy atom. The normalized spacial score (nSPS) is 21.3. The van der Waals surface area contributed by atoms with E-state index in [-0.39, 0.29) is 19.0 Å². The Hall–Kier alpha value is -1.46. The van der Waals surface area contributed by atoms with E-state index < -0.39 is 23.6 Å². The number of aliphatic carboxylic acids is 1. The lowest BCUT2D eigenvalue weighted by Gasteiger charge is -2.24. The number of hydrogen-bond donors (Lipinski definition) is 1. The van der Waals surface area contributed by atoms with Gasteiger partial charge in [-0.15, -0.1) is 0 Å². The zero-order chi connectivity index (χ0) is 17.4. The van der Waals surface area contributed by atoms with Crippen molar-refractivity contribution in [1.82, 2.24) is 4.90 Å². The minimum Gasteiger partial charge on any atom is -0.481 e. The largest absolute Gasteiger partial charge is 0.481 e. The Labute approximate surface area is 145 Å². The number of benzene rings is 1. The minimum absolute atomic E-state index is 0.106. The number of likely N-dealkylation sites (tertiary alicyclic amines) is 1. The number of carboxylic acids is 1. The molecule has 1 aliphatic heterocycles. The molecule has 0 aliphatic carbocycles. The molecule has 0 bridgehead atoms. The molecule has 1 fully saturated rings. The molecule has 0 spiro atoms. The number of carboxylic acid groups (broad SMARTS) is 1. The van der Waals surface area contributed by atoms with Gasteiger partial charge in [-0.3, -0.25) is 4.79 Å². The van der Waals surface area contributed by atoms with Crippen LogP contribution in [0.15, 0.2) is 18.2 Å². The van der Waals surface area contributed by atoms with Gasteiger partial charge < -0.3 is 14.7 Å². The molecule has 1 amide bonds. The van der Waals surface area contributed by atoms with Gasteiger partial charge in [0.05, 0.1) is 16.0 Å². The van der Waals surface area contributed by atoms with E-state index in [0.29, 0.717) is 10.0 Å². The maximum atomic E-state index is 12.2. The highest BCUT2D eigenvalue weighted by Crippen LogP contribution is 2.36. The first kappa shape index (κ1) is 17.9. The van der Waals surface area contributed by atoms with Crippen LogP contribution in [0, 0.1) is 5.92 Å². The topological polar surface area (TPSA) is 66.8 Å². The summed E-state index contributed by atoms with van der Waals surface area (Å²) < 4.78 is 5.32. The number of amides is 1. The highest BCUT2D eigenvalue weighted by atomic mass is 35.5. The van der Waals surface area contributed by atoms with Crippen LogP contribution in [-0.2, 0) is 9.53 Å². The van der Waals surface area contributed by atoms with E-state index in [1.165, 1.54) is 4.90 Å². The zero-order valence-corrected chi connectivity index (χ0v) is 14.7. The fourth-order valence-electron chi connectivity index (χ4n) is 2.61. The Kier molecular flexibility index (Phi) is 5.11. The standard InChI is InChI=1S/C16H19Cl2NO4/c1-16(2,3)23-15(22)19-7-10(11(8-19)14(20)21)9-4-5-12(17)13(18)6-9/h4-6,10-11H,7-8H2,1-3H3,(H,20,21)/t10-,11?/m0/s1. The smallest absolute Gasteiger partial charge is 0.410 e. The lowest BCUT2D eigenvalue weighted by Crippen LogP contribution is -2.35. The predicted molar refractivity (Wildman–Crippen MR) is 88.1 cm³/mol. The van der Waals surface area contributed by atoms with Crippen LogP contribution in [0.2, 0.25) is 10.0 Å². The van der Waals surface area contributed by atoms with Crippen LogP contribution in [0.25, 0.3) is 0 Å². The van der Waals surface area contributed by atoms with Gasteiger partial charge in [-0.05, 0) is 38.5 Å². The van der Waals surface area contributed by atoms with Gasteiger partial charge in [0.15, 0.2) is 0 Å².